The second-order valence-electron chi connectivity index (χ2n) is 3.95. The molecule has 1 atom stereocenters. The van der Waals surface area contributed by atoms with Gasteiger partial charge in [0.25, 0.3) is 0 Å². The molecule has 19 heavy (non-hydrogen) atoms. The fraction of sp³-hybridized carbons (Fsp3) is 0.385. The Hall–Kier alpha value is -2.24. The molecule has 0 aliphatic carbocycles. The van der Waals surface area contributed by atoms with Crippen LogP contribution >= 0.6 is 0 Å². The van der Waals surface area contributed by atoms with Crippen molar-refractivity contribution in [2.45, 2.75) is 12.5 Å². The van der Waals surface area contributed by atoms with Crippen molar-refractivity contribution in [3.05, 3.63) is 29.8 Å². The molecule has 1 unspecified atom stereocenters. The van der Waals surface area contributed by atoms with E-state index >= 15 is 0 Å². The Labute approximate surface area is 110 Å². The highest BCUT2D eigenvalue weighted by molar-refractivity contribution is 5.89. The third kappa shape index (κ3) is 3.61. The van der Waals surface area contributed by atoms with E-state index in [2.05, 4.69) is 4.74 Å². The molecule has 0 N–H and O–H groups in total. The summed E-state index contributed by atoms with van der Waals surface area (Å²) in [5.41, 5.74) is 0.416. The van der Waals surface area contributed by atoms with E-state index < -0.39 is 18.2 Å². The molecule has 6 nitrogen and oxygen atoms in total. The Morgan fingerprint density at radius 2 is 2.11 bits per heavy atom. The normalized spacial score (nSPS) is 18.2. The number of hydrogen-bond donors (Lipinski definition) is 0. The molecule has 0 spiro atoms. The van der Waals surface area contributed by atoms with Crippen molar-refractivity contribution in [1.82, 2.24) is 0 Å². The van der Waals surface area contributed by atoms with Gasteiger partial charge in [-0.15, -0.1) is 0 Å². The van der Waals surface area contributed by atoms with E-state index in [0.29, 0.717) is 17.7 Å². The Morgan fingerprint density at radius 3 is 2.74 bits per heavy atom. The lowest BCUT2D eigenvalue weighted by atomic mass is 10.2. The van der Waals surface area contributed by atoms with Gasteiger partial charge < -0.3 is 18.9 Å². The molecule has 1 aliphatic rings. The lowest BCUT2D eigenvalue weighted by Gasteiger charge is -2.21. The van der Waals surface area contributed by atoms with Crippen LogP contribution in [-0.4, -0.2) is 38.6 Å². The summed E-state index contributed by atoms with van der Waals surface area (Å²) in [5.74, 6) is 0.195. The lowest BCUT2D eigenvalue weighted by Crippen LogP contribution is -2.31. The highest BCUT2D eigenvalue weighted by Gasteiger charge is 2.23. The Morgan fingerprint density at radius 1 is 1.37 bits per heavy atom. The van der Waals surface area contributed by atoms with E-state index in [1.165, 1.54) is 0 Å². The standard InChI is InChI=1S/C13H14O6/c1-16-10-4-2-9(3-5-10)12(14)18-8-11-6-7-17-13(15)19-11/h2-5,11H,6-8H2,1H3. The third-order valence-electron chi connectivity index (χ3n) is 2.65. The van der Waals surface area contributed by atoms with Crippen molar-refractivity contribution in [1.29, 1.82) is 0 Å². The summed E-state index contributed by atoms with van der Waals surface area (Å²) < 4.78 is 19.5. The molecule has 1 saturated heterocycles. The van der Waals surface area contributed by atoms with Crippen LogP contribution in [0.3, 0.4) is 0 Å². The first kappa shape index (κ1) is 13.2. The third-order valence-corrected chi connectivity index (χ3v) is 2.65. The van der Waals surface area contributed by atoms with E-state index in [0.717, 1.165) is 0 Å². The number of esters is 1. The quantitative estimate of drug-likeness (QED) is 0.773. The number of cyclic esters (lactones) is 2. The van der Waals surface area contributed by atoms with Gasteiger partial charge in [0.2, 0.25) is 0 Å². The van der Waals surface area contributed by atoms with Crippen LogP contribution in [0.2, 0.25) is 0 Å². The van der Waals surface area contributed by atoms with E-state index in [1.54, 1.807) is 31.4 Å². The van der Waals surface area contributed by atoms with Crippen molar-refractivity contribution in [3.8, 4) is 5.75 Å². The molecule has 0 radical (unpaired) electrons. The fourth-order valence-corrected chi connectivity index (χ4v) is 1.60. The predicted octanol–water partition coefficient (Wildman–Crippen LogP) is 1.78. The van der Waals surface area contributed by atoms with E-state index in [9.17, 15) is 9.59 Å². The topological polar surface area (TPSA) is 71.1 Å². The Balaban J connectivity index is 1.84. The van der Waals surface area contributed by atoms with Crippen LogP contribution in [0.4, 0.5) is 4.79 Å². The second-order valence-corrected chi connectivity index (χ2v) is 3.95. The maximum atomic E-state index is 11.7. The van der Waals surface area contributed by atoms with Gasteiger partial charge in [-0.3, -0.25) is 0 Å². The van der Waals surface area contributed by atoms with Crippen molar-refractivity contribution in [2.75, 3.05) is 20.3 Å². The molecule has 1 aliphatic heterocycles. The molecule has 0 saturated carbocycles. The van der Waals surface area contributed by atoms with Crippen LogP contribution < -0.4 is 4.74 Å². The predicted molar refractivity (Wildman–Crippen MR) is 64.1 cm³/mol. The molecule has 1 heterocycles. The number of rotatable bonds is 4. The highest BCUT2D eigenvalue weighted by Crippen LogP contribution is 2.13. The minimum Gasteiger partial charge on any atom is -0.497 e. The average Bonchev–Trinajstić information content (AvgIpc) is 2.45. The molecule has 0 aromatic heterocycles. The van der Waals surface area contributed by atoms with Gasteiger partial charge in [-0.05, 0) is 24.3 Å². The molecule has 0 amide bonds. The summed E-state index contributed by atoms with van der Waals surface area (Å²) in [6.07, 6.45) is -0.651. The first-order valence-electron chi connectivity index (χ1n) is 5.83. The Kier molecular flexibility index (Phi) is 4.22. The van der Waals surface area contributed by atoms with Gasteiger partial charge in [0, 0.05) is 6.42 Å². The fourth-order valence-electron chi connectivity index (χ4n) is 1.60. The Bertz CT molecular complexity index is 453. The van der Waals surface area contributed by atoms with Crippen LogP contribution in [0.1, 0.15) is 16.8 Å². The minimum absolute atomic E-state index is 0.0277. The lowest BCUT2D eigenvalue weighted by molar-refractivity contribution is -0.0474. The van der Waals surface area contributed by atoms with Gasteiger partial charge >= 0.3 is 12.1 Å². The van der Waals surface area contributed by atoms with Crippen molar-refractivity contribution in [2.24, 2.45) is 0 Å². The number of hydrogen-bond acceptors (Lipinski definition) is 6. The molecule has 1 fully saturated rings. The molecule has 1 aromatic rings. The van der Waals surface area contributed by atoms with Crippen LogP contribution in [0.25, 0.3) is 0 Å². The first-order valence-corrected chi connectivity index (χ1v) is 5.83. The number of carbonyl (C=O) groups is 2. The average molecular weight is 266 g/mol. The van der Waals surface area contributed by atoms with E-state index in [-0.39, 0.29) is 13.2 Å². The monoisotopic (exact) mass is 266 g/mol. The van der Waals surface area contributed by atoms with Crippen molar-refractivity contribution < 1.29 is 28.5 Å². The summed E-state index contributed by atoms with van der Waals surface area (Å²) in [5, 5.41) is 0. The van der Waals surface area contributed by atoms with E-state index in [4.69, 9.17) is 14.2 Å². The molecular formula is C13H14O6. The molecular weight excluding hydrogens is 252 g/mol. The number of carbonyl (C=O) groups excluding carboxylic acids is 2. The van der Waals surface area contributed by atoms with Gasteiger partial charge in [0.05, 0.1) is 19.3 Å². The highest BCUT2D eigenvalue weighted by atomic mass is 16.7. The van der Waals surface area contributed by atoms with Crippen molar-refractivity contribution in [3.63, 3.8) is 0 Å². The maximum Gasteiger partial charge on any atom is 0.508 e. The van der Waals surface area contributed by atoms with Gasteiger partial charge in [-0.25, -0.2) is 9.59 Å². The molecule has 2 rings (SSSR count). The van der Waals surface area contributed by atoms with Gasteiger partial charge in [-0.1, -0.05) is 0 Å². The molecule has 1 aromatic carbocycles. The largest absolute Gasteiger partial charge is 0.508 e. The van der Waals surface area contributed by atoms with E-state index in [1.807, 2.05) is 0 Å². The summed E-state index contributed by atoms with van der Waals surface area (Å²) in [7, 11) is 1.55. The van der Waals surface area contributed by atoms with Gasteiger partial charge in [0.1, 0.15) is 18.5 Å². The van der Waals surface area contributed by atoms with Crippen LogP contribution in [0.15, 0.2) is 24.3 Å². The zero-order valence-corrected chi connectivity index (χ0v) is 10.5. The number of benzene rings is 1. The zero-order chi connectivity index (χ0) is 13.7. The summed E-state index contributed by atoms with van der Waals surface area (Å²) in [4.78, 5) is 22.6. The summed E-state index contributed by atoms with van der Waals surface area (Å²) >= 11 is 0. The van der Waals surface area contributed by atoms with Crippen LogP contribution in [-0.2, 0) is 14.2 Å². The minimum atomic E-state index is -0.725. The first-order chi connectivity index (χ1) is 9.19. The van der Waals surface area contributed by atoms with Crippen molar-refractivity contribution >= 4 is 12.1 Å². The summed E-state index contributed by atoms with van der Waals surface area (Å²) in [6.45, 7) is 0.309. The smallest absolute Gasteiger partial charge is 0.497 e. The number of methoxy groups -OCH3 is 1. The van der Waals surface area contributed by atoms with Crippen LogP contribution in [0.5, 0.6) is 5.75 Å². The SMILES string of the molecule is COc1ccc(C(=O)OCC2CCOC(=O)O2)cc1. The molecule has 102 valence electrons. The maximum absolute atomic E-state index is 11.7. The van der Waals surface area contributed by atoms with Crippen LogP contribution in [0, 0.1) is 0 Å². The molecule has 0 bridgehead atoms. The molecule has 6 heteroatoms. The number of ether oxygens (including phenoxy) is 4. The van der Waals surface area contributed by atoms with Gasteiger partial charge in [0.15, 0.2) is 0 Å². The summed E-state index contributed by atoms with van der Waals surface area (Å²) in [6, 6.07) is 6.56. The second kappa shape index (κ2) is 6.08. The van der Waals surface area contributed by atoms with Gasteiger partial charge in [-0.2, -0.15) is 0 Å². The zero-order valence-electron chi connectivity index (χ0n) is 10.5.